The van der Waals surface area contributed by atoms with Crippen molar-refractivity contribution in [1.29, 1.82) is 0 Å². The predicted molar refractivity (Wildman–Crippen MR) is 132 cm³/mol. The van der Waals surface area contributed by atoms with E-state index in [0.29, 0.717) is 28.2 Å². The molecule has 4 rings (SSSR count). The van der Waals surface area contributed by atoms with Crippen molar-refractivity contribution in [2.45, 2.75) is 33.9 Å². The molecule has 0 fully saturated rings. The van der Waals surface area contributed by atoms with Gasteiger partial charge in [-0.2, -0.15) is 0 Å². The predicted octanol–water partition coefficient (Wildman–Crippen LogP) is 6.66. The first kappa shape index (κ1) is 25.3. The molecule has 34 heavy (non-hydrogen) atoms. The van der Waals surface area contributed by atoms with Gasteiger partial charge in [-0.05, 0) is 42.3 Å². The van der Waals surface area contributed by atoms with Gasteiger partial charge in [0.05, 0.1) is 16.8 Å². The van der Waals surface area contributed by atoms with Crippen molar-refractivity contribution >= 4 is 34.1 Å². The van der Waals surface area contributed by atoms with Gasteiger partial charge in [0, 0.05) is 34.9 Å². The molecule has 4 aromatic rings. The van der Waals surface area contributed by atoms with Crippen LogP contribution in [0, 0.1) is 11.6 Å². The van der Waals surface area contributed by atoms with Crippen LogP contribution in [-0.4, -0.2) is 27.0 Å². The highest BCUT2D eigenvalue weighted by Crippen LogP contribution is 2.31. The molecule has 0 saturated heterocycles. The number of carbonyl (C=O) groups excluding carboxylic acids is 1. The summed E-state index contributed by atoms with van der Waals surface area (Å²) in [5, 5.41) is 13.5. The number of fused-ring (bicyclic) bond motifs is 1. The molecule has 0 aliphatic rings. The highest BCUT2D eigenvalue weighted by molar-refractivity contribution is 6.30. The van der Waals surface area contributed by atoms with Crippen LogP contribution in [-0.2, 0) is 6.73 Å². The number of anilines is 1. The molecule has 0 saturated carbocycles. The minimum absolute atomic E-state index is 0.0443. The summed E-state index contributed by atoms with van der Waals surface area (Å²) in [6, 6.07) is 11.1. The fraction of sp³-hybridized carbons (Fsp3) is 0.231. The molecule has 0 spiro atoms. The highest BCUT2D eigenvalue weighted by Gasteiger charge is 2.25. The van der Waals surface area contributed by atoms with Crippen LogP contribution in [0.2, 0.25) is 5.02 Å². The molecule has 0 atom stereocenters. The van der Waals surface area contributed by atoms with Crippen molar-refractivity contribution in [2.75, 3.05) is 11.9 Å². The van der Waals surface area contributed by atoms with Crippen LogP contribution in [0.25, 0.3) is 22.2 Å². The molecule has 2 heterocycles. The van der Waals surface area contributed by atoms with Gasteiger partial charge >= 0.3 is 0 Å². The van der Waals surface area contributed by atoms with Crippen molar-refractivity contribution in [3.63, 3.8) is 0 Å². The Kier molecular flexibility index (Phi) is 8.36. The van der Waals surface area contributed by atoms with Gasteiger partial charge in [-0.15, -0.1) is 0 Å². The van der Waals surface area contributed by atoms with E-state index in [9.17, 15) is 14.3 Å². The number of pyridine rings is 1. The third-order valence-electron chi connectivity index (χ3n) is 5.17. The number of benzene rings is 2. The van der Waals surface area contributed by atoms with Crippen LogP contribution in [0.15, 0.2) is 54.9 Å². The number of aliphatic hydroxyl groups excluding tert-OH is 1. The van der Waals surface area contributed by atoms with E-state index >= 15 is 4.39 Å². The summed E-state index contributed by atoms with van der Waals surface area (Å²) in [4.78, 5) is 17.7. The Bertz CT molecular complexity index is 1300. The number of aromatic nitrogens is 2. The monoisotopic (exact) mass is 485 g/mol. The summed E-state index contributed by atoms with van der Waals surface area (Å²) in [6.45, 7) is 5.95. The van der Waals surface area contributed by atoms with E-state index < -0.39 is 29.7 Å². The minimum atomic E-state index is -0.957. The maximum Gasteiger partial charge on any atom is 0.201 e. The molecule has 2 aromatic carbocycles. The fourth-order valence-corrected chi connectivity index (χ4v) is 3.68. The first-order valence-electron chi connectivity index (χ1n) is 11.1. The second-order valence-corrected chi connectivity index (χ2v) is 7.73. The summed E-state index contributed by atoms with van der Waals surface area (Å²) >= 11 is 5.96. The lowest BCUT2D eigenvalue weighted by molar-refractivity contribution is 0.103. The molecular weight excluding hydrogens is 460 g/mol. The second kappa shape index (κ2) is 11.2. The zero-order chi connectivity index (χ0) is 24.8. The van der Waals surface area contributed by atoms with Crippen molar-refractivity contribution in [3.05, 3.63) is 82.6 Å². The standard InChI is InChI=1S/C24H20ClF2N3O2.C2H6/c1-2-9-28-20-8-7-19(26)21(22(20)27)23(32)18-12-30(13-31)24-17(18)10-15(11-29-24)14-3-5-16(25)6-4-14;1-2/h3-8,10-12,28,31H,2,9,13H2,1H3;1-2H3. The average Bonchev–Trinajstić information content (AvgIpc) is 3.23. The smallest absolute Gasteiger partial charge is 0.201 e. The zero-order valence-electron chi connectivity index (χ0n) is 19.2. The molecule has 178 valence electrons. The number of carbonyl (C=O) groups is 1. The molecule has 2 N–H and O–H groups in total. The lowest BCUT2D eigenvalue weighted by Crippen LogP contribution is -2.11. The second-order valence-electron chi connectivity index (χ2n) is 7.30. The molecule has 0 unspecified atom stereocenters. The quantitative estimate of drug-likeness (QED) is 0.287. The van der Waals surface area contributed by atoms with Crippen LogP contribution < -0.4 is 5.32 Å². The third kappa shape index (κ3) is 4.95. The van der Waals surface area contributed by atoms with Gasteiger partial charge in [0.15, 0.2) is 5.82 Å². The van der Waals surface area contributed by atoms with E-state index in [1.165, 1.54) is 16.8 Å². The summed E-state index contributed by atoms with van der Waals surface area (Å²) < 4.78 is 31.0. The largest absolute Gasteiger partial charge is 0.383 e. The molecule has 0 aliphatic heterocycles. The van der Waals surface area contributed by atoms with Crippen LogP contribution in [0.5, 0.6) is 0 Å². The van der Waals surface area contributed by atoms with E-state index in [2.05, 4.69) is 10.3 Å². The van der Waals surface area contributed by atoms with Crippen molar-refractivity contribution < 1.29 is 18.7 Å². The highest BCUT2D eigenvalue weighted by atomic mass is 35.5. The molecule has 8 heteroatoms. The number of nitrogens with zero attached hydrogens (tertiary/aromatic N) is 2. The Labute approximate surface area is 202 Å². The molecule has 5 nitrogen and oxygen atoms in total. The zero-order valence-corrected chi connectivity index (χ0v) is 20.0. The Hall–Kier alpha value is -3.29. The Morgan fingerprint density at radius 2 is 1.82 bits per heavy atom. The number of nitrogens with one attached hydrogen (secondary N) is 1. The fourth-order valence-electron chi connectivity index (χ4n) is 3.55. The van der Waals surface area contributed by atoms with E-state index in [1.807, 2.05) is 20.8 Å². The van der Waals surface area contributed by atoms with Gasteiger partial charge in [-0.3, -0.25) is 4.79 Å². The van der Waals surface area contributed by atoms with Crippen molar-refractivity contribution in [3.8, 4) is 11.1 Å². The number of rotatable bonds is 7. The Morgan fingerprint density at radius 1 is 1.12 bits per heavy atom. The minimum Gasteiger partial charge on any atom is -0.383 e. The summed E-state index contributed by atoms with van der Waals surface area (Å²) in [7, 11) is 0. The Balaban J connectivity index is 0.00000158. The molecular formula is C26H26ClF2N3O2. The number of hydrogen-bond acceptors (Lipinski definition) is 4. The van der Waals surface area contributed by atoms with Crippen molar-refractivity contribution in [2.24, 2.45) is 0 Å². The van der Waals surface area contributed by atoms with Gasteiger partial charge in [0.1, 0.15) is 18.2 Å². The summed E-state index contributed by atoms with van der Waals surface area (Å²) in [5.74, 6) is -2.73. The summed E-state index contributed by atoms with van der Waals surface area (Å²) in [5.41, 5.74) is 1.28. The van der Waals surface area contributed by atoms with Crippen LogP contribution in [0.4, 0.5) is 14.5 Å². The summed E-state index contributed by atoms with van der Waals surface area (Å²) in [6.07, 6.45) is 3.70. The number of ketones is 1. The van der Waals surface area contributed by atoms with E-state index in [4.69, 9.17) is 11.6 Å². The molecule has 2 aromatic heterocycles. The third-order valence-corrected chi connectivity index (χ3v) is 5.42. The molecule has 0 bridgehead atoms. The SMILES string of the molecule is CC.CCCNc1ccc(F)c(C(=O)c2cn(CO)c3ncc(-c4ccc(Cl)cc4)cc23)c1F. The number of hydrogen-bond donors (Lipinski definition) is 2. The average molecular weight is 486 g/mol. The molecule has 0 aliphatic carbocycles. The van der Waals surface area contributed by atoms with Gasteiger partial charge < -0.3 is 15.0 Å². The van der Waals surface area contributed by atoms with E-state index in [0.717, 1.165) is 18.1 Å². The van der Waals surface area contributed by atoms with Gasteiger partial charge in [-0.25, -0.2) is 13.8 Å². The molecule has 0 radical (unpaired) electrons. The Morgan fingerprint density at radius 3 is 2.47 bits per heavy atom. The van der Waals surface area contributed by atoms with Crippen LogP contribution in [0.1, 0.15) is 43.1 Å². The number of halogens is 3. The maximum atomic E-state index is 15.1. The first-order chi connectivity index (χ1) is 16.4. The normalized spacial score (nSPS) is 10.7. The van der Waals surface area contributed by atoms with E-state index in [-0.39, 0.29) is 11.3 Å². The van der Waals surface area contributed by atoms with Gasteiger partial charge in [0.2, 0.25) is 5.78 Å². The topological polar surface area (TPSA) is 67.2 Å². The maximum absolute atomic E-state index is 15.1. The van der Waals surface area contributed by atoms with Crippen molar-refractivity contribution in [1.82, 2.24) is 9.55 Å². The number of aliphatic hydroxyl groups is 1. The molecule has 0 amide bonds. The van der Waals surface area contributed by atoms with E-state index in [1.54, 1.807) is 36.5 Å². The lowest BCUT2D eigenvalue weighted by Gasteiger charge is -2.10. The van der Waals surface area contributed by atoms with Crippen LogP contribution >= 0.6 is 11.6 Å². The lowest BCUT2D eigenvalue weighted by atomic mass is 9.99. The van der Waals surface area contributed by atoms with Gasteiger partial charge in [-0.1, -0.05) is 44.5 Å². The first-order valence-corrected chi connectivity index (χ1v) is 11.4. The van der Waals surface area contributed by atoms with Crippen LogP contribution in [0.3, 0.4) is 0 Å². The van der Waals surface area contributed by atoms with Gasteiger partial charge in [0.25, 0.3) is 0 Å².